The number of aromatic nitrogens is 1. The van der Waals surface area contributed by atoms with Gasteiger partial charge in [-0.15, -0.1) is 11.6 Å². The van der Waals surface area contributed by atoms with E-state index in [9.17, 15) is 8.78 Å². The van der Waals surface area contributed by atoms with E-state index in [1.54, 1.807) is 0 Å². The van der Waals surface area contributed by atoms with Crippen LogP contribution in [0.1, 0.15) is 5.56 Å². The highest BCUT2D eigenvalue weighted by molar-refractivity contribution is 9.10. The molecule has 100 valence electrons. The van der Waals surface area contributed by atoms with Crippen molar-refractivity contribution in [3.8, 4) is 11.6 Å². The molecule has 1 aromatic carbocycles. The number of halogens is 5. The number of hydrogen-bond donors (Lipinski definition) is 0. The third-order valence-corrected chi connectivity index (χ3v) is 3.46. The van der Waals surface area contributed by atoms with Gasteiger partial charge in [0.1, 0.15) is 11.6 Å². The minimum Gasteiger partial charge on any atom is -0.435 e. The lowest BCUT2D eigenvalue weighted by Gasteiger charge is -2.09. The Morgan fingerprint density at radius 3 is 2.74 bits per heavy atom. The Bertz CT molecular complexity index is 625. The molecule has 0 aliphatic rings. The Balaban J connectivity index is 2.39. The second kappa shape index (κ2) is 6.03. The van der Waals surface area contributed by atoms with Crippen molar-refractivity contribution in [2.75, 3.05) is 0 Å². The van der Waals surface area contributed by atoms with Crippen LogP contribution < -0.4 is 4.74 Å². The van der Waals surface area contributed by atoms with E-state index in [0.717, 1.165) is 6.07 Å². The van der Waals surface area contributed by atoms with E-state index in [4.69, 9.17) is 27.9 Å². The van der Waals surface area contributed by atoms with Gasteiger partial charge in [-0.3, -0.25) is 0 Å². The number of ether oxygens (including phenoxy) is 1. The Morgan fingerprint density at radius 1 is 1.32 bits per heavy atom. The molecule has 2 rings (SSSR count). The van der Waals surface area contributed by atoms with Crippen LogP contribution in [0.2, 0.25) is 5.02 Å². The molecule has 0 aliphatic carbocycles. The maximum absolute atomic E-state index is 13.9. The molecule has 7 heteroatoms. The third-order valence-electron chi connectivity index (χ3n) is 2.26. The van der Waals surface area contributed by atoms with Crippen LogP contribution >= 0.6 is 39.1 Å². The normalized spacial score (nSPS) is 10.6. The zero-order valence-electron chi connectivity index (χ0n) is 9.26. The molecule has 0 aliphatic heterocycles. The fourth-order valence-corrected chi connectivity index (χ4v) is 2.25. The second-order valence-corrected chi connectivity index (χ2v) is 5.05. The van der Waals surface area contributed by atoms with Gasteiger partial charge < -0.3 is 4.74 Å². The molecule has 0 saturated carbocycles. The van der Waals surface area contributed by atoms with Crippen LogP contribution in [0.3, 0.4) is 0 Å². The first kappa shape index (κ1) is 14.5. The van der Waals surface area contributed by atoms with Crippen molar-refractivity contribution in [2.24, 2.45) is 0 Å². The number of hydrogen-bond acceptors (Lipinski definition) is 2. The molecule has 19 heavy (non-hydrogen) atoms. The molecule has 0 spiro atoms. The molecule has 0 atom stereocenters. The molecule has 0 radical (unpaired) electrons. The topological polar surface area (TPSA) is 22.1 Å². The highest BCUT2D eigenvalue weighted by Gasteiger charge is 2.14. The molecule has 0 fully saturated rings. The van der Waals surface area contributed by atoms with Crippen molar-refractivity contribution in [3.63, 3.8) is 0 Å². The van der Waals surface area contributed by atoms with Gasteiger partial charge in [-0.2, -0.15) is 0 Å². The fourth-order valence-electron chi connectivity index (χ4n) is 1.32. The number of pyridine rings is 1. The van der Waals surface area contributed by atoms with E-state index in [-0.39, 0.29) is 28.1 Å². The van der Waals surface area contributed by atoms with Gasteiger partial charge in [0.2, 0.25) is 0 Å². The lowest BCUT2D eigenvalue weighted by molar-refractivity contribution is 0.415. The second-order valence-electron chi connectivity index (χ2n) is 3.52. The van der Waals surface area contributed by atoms with Gasteiger partial charge in [-0.25, -0.2) is 13.8 Å². The lowest BCUT2D eigenvalue weighted by Crippen LogP contribution is -1.96. The van der Waals surface area contributed by atoms with Crippen LogP contribution in [-0.4, -0.2) is 4.98 Å². The molecule has 2 nitrogen and oxygen atoms in total. The van der Waals surface area contributed by atoms with Crippen LogP contribution in [0.5, 0.6) is 11.6 Å². The van der Waals surface area contributed by atoms with Gasteiger partial charge in [-0.1, -0.05) is 11.6 Å². The summed E-state index contributed by atoms with van der Waals surface area (Å²) in [6.07, 6.45) is 1.36. The highest BCUT2D eigenvalue weighted by Crippen LogP contribution is 2.34. The SMILES string of the molecule is Fc1cc(Oc2nccc(CCl)c2F)c(Br)cc1Cl. The van der Waals surface area contributed by atoms with E-state index in [1.165, 1.54) is 18.3 Å². The molecular weight excluding hydrogens is 363 g/mol. The van der Waals surface area contributed by atoms with E-state index in [1.807, 2.05) is 0 Å². The quantitative estimate of drug-likeness (QED) is 0.541. The maximum atomic E-state index is 13.9. The molecule has 0 bridgehead atoms. The van der Waals surface area contributed by atoms with E-state index in [2.05, 4.69) is 20.9 Å². The number of rotatable bonds is 3. The molecule has 1 heterocycles. The zero-order chi connectivity index (χ0) is 14.0. The van der Waals surface area contributed by atoms with Crippen molar-refractivity contribution >= 4 is 39.1 Å². The largest absolute Gasteiger partial charge is 0.435 e. The summed E-state index contributed by atoms with van der Waals surface area (Å²) in [5.41, 5.74) is 0.247. The number of nitrogens with zero attached hydrogens (tertiary/aromatic N) is 1. The average Bonchev–Trinajstić information content (AvgIpc) is 2.38. The summed E-state index contributed by atoms with van der Waals surface area (Å²) >= 11 is 14.3. The Morgan fingerprint density at radius 2 is 2.05 bits per heavy atom. The van der Waals surface area contributed by atoms with Crippen molar-refractivity contribution in [1.82, 2.24) is 4.98 Å². The van der Waals surface area contributed by atoms with E-state index < -0.39 is 11.6 Å². The first-order valence-corrected chi connectivity index (χ1v) is 6.75. The minimum atomic E-state index is -0.681. The van der Waals surface area contributed by atoms with Crippen LogP contribution in [-0.2, 0) is 5.88 Å². The summed E-state index contributed by atoms with van der Waals surface area (Å²) in [5.74, 6) is -1.57. The van der Waals surface area contributed by atoms with Gasteiger partial charge in [0.25, 0.3) is 5.88 Å². The summed E-state index contributed by atoms with van der Waals surface area (Å²) < 4.78 is 32.8. The van der Waals surface area contributed by atoms with Gasteiger partial charge in [0.15, 0.2) is 5.82 Å². The van der Waals surface area contributed by atoms with Crippen molar-refractivity contribution in [1.29, 1.82) is 0 Å². The van der Waals surface area contributed by atoms with E-state index in [0.29, 0.717) is 4.47 Å². The highest BCUT2D eigenvalue weighted by atomic mass is 79.9. The summed E-state index contributed by atoms with van der Waals surface area (Å²) in [4.78, 5) is 3.74. The van der Waals surface area contributed by atoms with Gasteiger partial charge in [-0.05, 0) is 28.1 Å². The summed E-state index contributed by atoms with van der Waals surface area (Å²) in [5, 5.41) is -0.0674. The smallest absolute Gasteiger partial charge is 0.256 e. The molecule has 2 aromatic rings. The Kier molecular flexibility index (Phi) is 4.60. The van der Waals surface area contributed by atoms with Gasteiger partial charge >= 0.3 is 0 Å². The standard InChI is InChI=1S/C12H6BrCl2F2NO/c13-7-3-8(15)9(16)4-10(7)19-12-11(17)6(5-14)1-2-18-12/h1-4H,5H2. The molecule has 0 amide bonds. The predicted molar refractivity (Wildman–Crippen MR) is 72.9 cm³/mol. The van der Waals surface area contributed by atoms with Crippen LogP contribution in [0.25, 0.3) is 0 Å². The summed E-state index contributed by atoms with van der Waals surface area (Å²) in [6, 6.07) is 3.79. The Hall–Kier alpha value is -0.910. The van der Waals surface area contributed by atoms with Crippen LogP contribution in [0.4, 0.5) is 8.78 Å². The van der Waals surface area contributed by atoms with Crippen molar-refractivity contribution in [2.45, 2.75) is 5.88 Å². The third kappa shape index (κ3) is 3.16. The fraction of sp³-hybridized carbons (Fsp3) is 0.0833. The zero-order valence-corrected chi connectivity index (χ0v) is 12.4. The van der Waals surface area contributed by atoms with Crippen molar-refractivity contribution in [3.05, 3.63) is 51.1 Å². The monoisotopic (exact) mass is 367 g/mol. The first-order valence-electron chi connectivity index (χ1n) is 5.04. The molecule has 0 saturated heterocycles. The molecule has 0 N–H and O–H groups in total. The van der Waals surface area contributed by atoms with Crippen molar-refractivity contribution < 1.29 is 13.5 Å². The number of benzene rings is 1. The molecule has 0 unspecified atom stereocenters. The van der Waals surface area contributed by atoms with Gasteiger partial charge in [0, 0.05) is 17.8 Å². The minimum absolute atomic E-state index is 0.0130. The Labute approximate surface area is 126 Å². The molecule has 1 aromatic heterocycles. The summed E-state index contributed by atoms with van der Waals surface area (Å²) in [6.45, 7) is 0. The molecular formula is C12H6BrCl2F2NO. The van der Waals surface area contributed by atoms with E-state index >= 15 is 0 Å². The predicted octanol–water partition coefficient (Wildman–Crippen LogP) is 5.31. The first-order chi connectivity index (χ1) is 9.02. The van der Waals surface area contributed by atoms with Crippen LogP contribution in [0, 0.1) is 11.6 Å². The lowest BCUT2D eigenvalue weighted by atomic mass is 10.3. The van der Waals surface area contributed by atoms with Gasteiger partial charge in [0.05, 0.1) is 15.4 Å². The maximum Gasteiger partial charge on any atom is 0.256 e. The average molecular weight is 369 g/mol. The number of alkyl halides is 1. The van der Waals surface area contributed by atoms with Crippen LogP contribution in [0.15, 0.2) is 28.9 Å². The summed E-state index contributed by atoms with van der Waals surface area (Å²) in [7, 11) is 0.